The first-order valence-electron chi connectivity index (χ1n) is 3.57. The Hall–Kier alpha value is -0.880. The molecule has 0 aliphatic carbocycles. The van der Waals surface area contributed by atoms with Gasteiger partial charge in [-0.1, -0.05) is 0 Å². The van der Waals surface area contributed by atoms with Crippen LogP contribution in [0.3, 0.4) is 0 Å². The minimum absolute atomic E-state index is 0.513. The summed E-state index contributed by atoms with van der Waals surface area (Å²) in [7, 11) is 0. The molecule has 0 bridgehead atoms. The number of pyridine rings is 1. The highest BCUT2D eigenvalue weighted by atomic mass is 79.9. The van der Waals surface area contributed by atoms with E-state index in [1.807, 2.05) is 26.0 Å². The van der Waals surface area contributed by atoms with Crippen molar-refractivity contribution in [1.29, 1.82) is 0 Å². The van der Waals surface area contributed by atoms with Gasteiger partial charge >= 0.3 is 0 Å². The normalized spacial score (nSPS) is 10.8. The molecule has 0 saturated heterocycles. The summed E-state index contributed by atoms with van der Waals surface area (Å²) in [6.07, 6.45) is 1.71. The minimum Gasteiger partial charge on any atom is -0.304 e. The van der Waals surface area contributed by atoms with Crippen molar-refractivity contribution in [3.05, 3.63) is 39.9 Å². The van der Waals surface area contributed by atoms with Gasteiger partial charge in [0.25, 0.3) is 5.54 Å². The lowest BCUT2D eigenvalue weighted by molar-refractivity contribution is 0.637. The molecule has 0 radical (unpaired) electrons. The average Bonchev–Trinajstić information content (AvgIpc) is 2.05. The lowest BCUT2D eigenvalue weighted by Gasteiger charge is -2.09. The third kappa shape index (κ3) is 1.83. The van der Waals surface area contributed by atoms with Gasteiger partial charge in [-0.15, -0.1) is 0 Å². The van der Waals surface area contributed by atoms with Crippen molar-refractivity contribution in [3.63, 3.8) is 0 Å². The average molecular weight is 225 g/mol. The Balaban J connectivity index is 3.07. The fourth-order valence-electron chi connectivity index (χ4n) is 0.795. The number of aromatic nitrogens is 1. The van der Waals surface area contributed by atoms with Crippen LogP contribution in [-0.4, -0.2) is 4.98 Å². The van der Waals surface area contributed by atoms with E-state index >= 15 is 0 Å². The molecule has 0 atom stereocenters. The topological polar surface area (TPSA) is 17.2 Å². The highest BCUT2D eigenvalue weighted by molar-refractivity contribution is 9.10. The maximum Gasteiger partial charge on any atom is 0.268 e. The smallest absolute Gasteiger partial charge is 0.268 e. The second-order valence-corrected chi connectivity index (χ2v) is 3.95. The number of rotatable bonds is 1. The van der Waals surface area contributed by atoms with Crippen LogP contribution in [0.1, 0.15) is 19.5 Å². The quantitative estimate of drug-likeness (QED) is 0.671. The molecule has 62 valence electrons. The zero-order valence-corrected chi connectivity index (χ0v) is 8.59. The summed E-state index contributed by atoms with van der Waals surface area (Å²) in [5.41, 5.74) is 0.293. The largest absolute Gasteiger partial charge is 0.304 e. The number of halogens is 1. The Kier molecular flexibility index (Phi) is 2.49. The van der Waals surface area contributed by atoms with Gasteiger partial charge in [-0.05, 0) is 28.1 Å². The summed E-state index contributed by atoms with van der Waals surface area (Å²) >= 11 is 3.29. The molecule has 0 aliphatic rings. The van der Waals surface area contributed by atoms with Gasteiger partial charge in [0.15, 0.2) is 0 Å². The summed E-state index contributed by atoms with van der Waals surface area (Å²) in [5, 5.41) is 0. The van der Waals surface area contributed by atoms with E-state index in [-0.39, 0.29) is 0 Å². The van der Waals surface area contributed by atoms with Gasteiger partial charge in [-0.2, -0.15) is 0 Å². The van der Waals surface area contributed by atoms with Gasteiger partial charge in [0, 0.05) is 24.5 Å². The van der Waals surface area contributed by atoms with Crippen LogP contribution >= 0.6 is 15.9 Å². The van der Waals surface area contributed by atoms with E-state index < -0.39 is 5.54 Å². The van der Waals surface area contributed by atoms with Crippen LogP contribution in [0.5, 0.6) is 0 Å². The van der Waals surface area contributed by atoms with Crippen molar-refractivity contribution in [2.45, 2.75) is 19.4 Å². The van der Waals surface area contributed by atoms with Crippen LogP contribution < -0.4 is 0 Å². The second-order valence-electron chi connectivity index (χ2n) is 3.03. The van der Waals surface area contributed by atoms with E-state index in [1.165, 1.54) is 0 Å². The fraction of sp³-hybridized carbons (Fsp3) is 0.333. The fourth-order valence-corrected chi connectivity index (χ4v) is 1.03. The standard InChI is InChI=1S/C9H9BrN2/c1-9(2,11-3)8-5-4-7(10)6-12-8/h4-6H,1-2H3. The second kappa shape index (κ2) is 3.24. The third-order valence-electron chi connectivity index (χ3n) is 1.63. The van der Waals surface area contributed by atoms with Crippen molar-refractivity contribution in [2.75, 3.05) is 0 Å². The van der Waals surface area contributed by atoms with E-state index in [4.69, 9.17) is 6.57 Å². The van der Waals surface area contributed by atoms with Crippen molar-refractivity contribution in [2.24, 2.45) is 0 Å². The molecule has 0 amide bonds. The molecule has 0 unspecified atom stereocenters. The highest BCUT2D eigenvalue weighted by Gasteiger charge is 2.26. The minimum atomic E-state index is -0.513. The molecule has 1 heterocycles. The van der Waals surface area contributed by atoms with Gasteiger partial charge in [0.1, 0.15) is 5.69 Å². The van der Waals surface area contributed by atoms with E-state index in [9.17, 15) is 0 Å². The zero-order valence-electron chi connectivity index (χ0n) is 7.00. The maximum absolute atomic E-state index is 6.97. The van der Waals surface area contributed by atoms with Crippen LogP contribution in [-0.2, 0) is 5.54 Å². The van der Waals surface area contributed by atoms with Crippen LogP contribution in [0, 0.1) is 6.57 Å². The molecule has 3 heteroatoms. The molecule has 1 aromatic rings. The molecule has 0 N–H and O–H groups in total. The van der Waals surface area contributed by atoms with E-state index in [1.54, 1.807) is 6.20 Å². The lowest BCUT2D eigenvalue weighted by Crippen LogP contribution is -2.12. The monoisotopic (exact) mass is 224 g/mol. The Labute approximate surface area is 80.6 Å². The summed E-state index contributed by atoms with van der Waals surface area (Å²) < 4.78 is 0.937. The zero-order chi connectivity index (χ0) is 9.19. The molecule has 1 rings (SSSR count). The predicted molar refractivity (Wildman–Crippen MR) is 51.6 cm³/mol. The first kappa shape index (κ1) is 9.21. The van der Waals surface area contributed by atoms with Crippen molar-refractivity contribution >= 4 is 15.9 Å². The van der Waals surface area contributed by atoms with Crippen LogP contribution in [0.15, 0.2) is 22.8 Å². The van der Waals surface area contributed by atoms with Gasteiger partial charge in [-0.25, -0.2) is 6.57 Å². The van der Waals surface area contributed by atoms with Crippen LogP contribution in [0.4, 0.5) is 0 Å². The Morgan fingerprint density at radius 1 is 1.50 bits per heavy atom. The molecule has 0 spiro atoms. The molecule has 1 aromatic heterocycles. The molecular formula is C9H9BrN2. The van der Waals surface area contributed by atoms with Gasteiger partial charge < -0.3 is 4.85 Å². The number of hydrogen-bond acceptors (Lipinski definition) is 1. The van der Waals surface area contributed by atoms with Crippen LogP contribution in [0.25, 0.3) is 4.85 Å². The maximum atomic E-state index is 6.97. The summed E-state index contributed by atoms with van der Waals surface area (Å²) in [4.78, 5) is 7.65. The highest BCUT2D eigenvalue weighted by Crippen LogP contribution is 2.23. The van der Waals surface area contributed by atoms with E-state index in [2.05, 4.69) is 25.8 Å². The first-order chi connectivity index (χ1) is 5.56. The van der Waals surface area contributed by atoms with Crippen molar-refractivity contribution in [3.8, 4) is 0 Å². The summed E-state index contributed by atoms with van der Waals surface area (Å²) in [5.74, 6) is 0. The molecule has 12 heavy (non-hydrogen) atoms. The predicted octanol–water partition coefficient (Wildman–Crippen LogP) is 3.00. The van der Waals surface area contributed by atoms with Gasteiger partial charge in [-0.3, -0.25) is 4.98 Å². The number of nitrogens with zero attached hydrogens (tertiary/aromatic N) is 2. The molecule has 0 fully saturated rings. The Morgan fingerprint density at radius 2 is 2.17 bits per heavy atom. The van der Waals surface area contributed by atoms with Gasteiger partial charge in [0.2, 0.25) is 0 Å². The van der Waals surface area contributed by atoms with E-state index in [0.29, 0.717) is 0 Å². The molecule has 0 saturated carbocycles. The van der Waals surface area contributed by atoms with E-state index in [0.717, 1.165) is 10.2 Å². The Bertz CT molecular complexity index is 308. The lowest BCUT2D eigenvalue weighted by atomic mass is 10.0. The molecule has 2 nitrogen and oxygen atoms in total. The Morgan fingerprint density at radius 3 is 2.58 bits per heavy atom. The molecular weight excluding hydrogens is 216 g/mol. The van der Waals surface area contributed by atoms with Crippen molar-refractivity contribution in [1.82, 2.24) is 4.98 Å². The van der Waals surface area contributed by atoms with Crippen molar-refractivity contribution < 1.29 is 0 Å². The van der Waals surface area contributed by atoms with Gasteiger partial charge in [0.05, 0.1) is 0 Å². The molecule has 0 aromatic carbocycles. The molecule has 0 aliphatic heterocycles. The summed E-state index contributed by atoms with van der Waals surface area (Å²) in [6.45, 7) is 10.7. The number of hydrogen-bond donors (Lipinski definition) is 0. The van der Waals surface area contributed by atoms with Crippen LogP contribution in [0.2, 0.25) is 0 Å². The summed E-state index contributed by atoms with van der Waals surface area (Å²) in [6, 6.07) is 3.76. The SMILES string of the molecule is [C-]#[N+]C(C)(C)c1ccc(Br)cn1. The first-order valence-corrected chi connectivity index (χ1v) is 4.36. The third-order valence-corrected chi connectivity index (χ3v) is 2.10.